The first kappa shape index (κ1) is 27.8. The van der Waals surface area contributed by atoms with E-state index < -0.39 is 32.9 Å². The molecule has 6 rings (SSSR count). The van der Waals surface area contributed by atoms with E-state index in [1.165, 1.54) is 29.5 Å². The SMILES string of the molecule is N#CC1(NC(=O)[C@@H]2CCCC[C@H]2c2nc(-c3c(F)cccc3F)sc2-c2ccc(N3CCS(=O)(=O)CC3)cc2)CC1. The van der Waals surface area contributed by atoms with Crippen molar-refractivity contribution in [1.82, 2.24) is 10.3 Å². The first-order chi connectivity index (χ1) is 19.7. The highest BCUT2D eigenvalue weighted by molar-refractivity contribution is 7.91. The van der Waals surface area contributed by atoms with E-state index in [2.05, 4.69) is 11.4 Å². The second-order valence-corrected chi connectivity index (χ2v) is 14.5. The van der Waals surface area contributed by atoms with Crippen molar-refractivity contribution < 1.29 is 22.0 Å². The Bertz CT molecular complexity index is 1590. The number of hydrogen-bond acceptors (Lipinski definition) is 7. The fraction of sp³-hybridized carbons (Fsp3) is 0.433. The first-order valence-electron chi connectivity index (χ1n) is 13.9. The highest BCUT2D eigenvalue weighted by Gasteiger charge is 2.47. The number of anilines is 1. The van der Waals surface area contributed by atoms with E-state index in [-0.39, 0.29) is 33.9 Å². The van der Waals surface area contributed by atoms with E-state index in [1.807, 2.05) is 29.2 Å². The number of nitriles is 1. The Morgan fingerprint density at radius 2 is 1.71 bits per heavy atom. The Hall–Kier alpha value is -3.36. The van der Waals surface area contributed by atoms with E-state index in [4.69, 9.17) is 4.98 Å². The molecule has 2 aliphatic carbocycles. The van der Waals surface area contributed by atoms with Crippen LogP contribution < -0.4 is 10.2 Å². The molecule has 0 radical (unpaired) electrons. The number of hydrogen-bond donors (Lipinski definition) is 1. The lowest BCUT2D eigenvalue weighted by molar-refractivity contribution is -0.127. The van der Waals surface area contributed by atoms with Gasteiger partial charge >= 0.3 is 0 Å². The van der Waals surface area contributed by atoms with Gasteiger partial charge in [0.2, 0.25) is 5.91 Å². The summed E-state index contributed by atoms with van der Waals surface area (Å²) in [6.07, 6.45) is 4.40. The summed E-state index contributed by atoms with van der Waals surface area (Å²) in [4.78, 5) is 21.0. The molecule has 1 amide bonds. The average molecular weight is 597 g/mol. The van der Waals surface area contributed by atoms with Crippen LogP contribution in [0.2, 0.25) is 0 Å². The Balaban J connectivity index is 1.38. The topological polar surface area (TPSA) is 103 Å². The molecule has 7 nitrogen and oxygen atoms in total. The van der Waals surface area contributed by atoms with Gasteiger partial charge in [-0.1, -0.05) is 31.0 Å². The number of nitrogens with one attached hydrogen (secondary N) is 1. The summed E-state index contributed by atoms with van der Waals surface area (Å²) in [6, 6.07) is 13.7. The maximum Gasteiger partial charge on any atom is 0.225 e. The molecule has 2 saturated carbocycles. The summed E-state index contributed by atoms with van der Waals surface area (Å²) in [5, 5.41) is 12.7. The number of benzene rings is 2. The number of sulfone groups is 1. The lowest BCUT2D eigenvalue weighted by Gasteiger charge is -2.31. The smallest absolute Gasteiger partial charge is 0.225 e. The molecule has 1 aromatic heterocycles. The van der Waals surface area contributed by atoms with E-state index in [9.17, 15) is 27.3 Å². The normalized spacial score (nSPS) is 23.0. The number of rotatable bonds is 6. The van der Waals surface area contributed by atoms with Gasteiger partial charge in [0.05, 0.1) is 33.7 Å². The van der Waals surface area contributed by atoms with Crippen molar-refractivity contribution >= 4 is 32.8 Å². The van der Waals surface area contributed by atoms with Crippen molar-refractivity contribution in [3.8, 4) is 27.1 Å². The lowest BCUT2D eigenvalue weighted by Crippen LogP contribution is -2.42. The summed E-state index contributed by atoms with van der Waals surface area (Å²) < 4.78 is 53.4. The Morgan fingerprint density at radius 1 is 1.05 bits per heavy atom. The maximum absolute atomic E-state index is 14.9. The molecule has 3 aliphatic rings. The lowest BCUT2D eigenvalue weighted by atomic mass is 9.76. The second kappa shape index (κ2) is 10.8. The van der Waals surface area contributed by atoms with Crippen LogP contribution in [0.15, 0.2) is 42.5 Å². The highest BCUT2D eigenvalue weighted by atomic mass is 32.2. The molecule has 0 bridgehead atoms. The number of carbonyl (C=O) groups excluding carboxylic acids is 1. The minimum atomic E-state index is -3.01. The third kappa shape index (κ3) is 5.60. The van der Waals surface area contributed by atoms with Crippen molar-refractivity contribution in [2.75, 3.05) is 29.5 Å². The molecule has 2 atom stereocenters. The zero-order valence-electron chi connectivity index (χ0n) is 22.4. The summed E-state index contributed by atoms with van der Waals surface area (Å²) in [7, 11) is -3.01. The van der Waals surface area contributed by atoms with Crippen LogP contribution in [0.3, 0.4) is 0 Å². The predicted octanol–water partition coefficient (Wildman–Crippen LogP) is 5.44. The van der Waals surface area contributed by atoms with Crippen LogP contribution in [0.25, 0.3) is 21.0 Å². The van der Waals surface area contributed by atoms with Gasteiger partial charge in [0.15, 0.2) is 9.84 Å². The number of amides is 1. The quantitative estimate of drug-likeness (QED) is 0.407. The number of carbonyl (C=O) groups is 1. The van der Waals surface area contributed by atoms with Crippen molar-refractivity contribution in [1.29, 1.82) is 5.26 Å². The van der Waals surface area contributed by atoms with Gasteiger partial charge in [-0.3, -0.25) is 4.79 Å². The molecule has 214 valence electrons. The number of halogens is 2. The third-order valence-electron chi connectivity index (χ3n) is 8.45. The molecule has 1 saturated heterocycles. The van der Waals surface area contributed by atoms with Crippen LogP contribution in [-0.2, 0) is 14.6 Å². The molecule has 1 aliphatic heterocycles. The molecule has 41 heavy (non-hydrogen) atoms. The molecule has 3 aromatic rings. The van der Waals surface area contributed by atoms with Crippen molar-refractivity contribution in [2.24, 2.45) is 5.92 Å². The van der Waals surface area contributed by atoms with Gasteiger partial charge < -0.3 is 10.2 Å². The van der Waals surface area contributed by atoms with Crippen LogP contribution in [-0.4, -0.2) is 49.4 Å². The monoisotopic (exact) mass is 596 g/mol. The standard InChI is InChI=1S/C30H30F2N4O3S2/c31-23-6-3-7-24(32)25(23)29-34-26(21-4-1-2-5-22(21)28(37)35-30(18-33)12-13-30)27(40-29)19-8-10-20(11-9-19)36-14-16-41(38,39)17-15-36/h3,6-11,21-22H,1-2,4-5,12-17H2,(H,35,37)/t21-,22-/m1/s1. The first-order valence-corrected chi connectivity index (χ1v) is 16.6. The summed E-state index contributed by atoms with van der Waals surface area (Å²) in [5.74, 6) is -2.00. The fourth-order valence-electron chi connectivity index (χ4n) is 5.88. The average Bonchev–Trinajstić information content (AvgIpc) is 3.61. The van der Waals surface area contributed by atoms with Gasteiger partial charge in [-0.2, -0.15) is 5.26 Å². The van der Waals surface area contributed by atoms with E-state index in [0.29, 0.717) is 44.5 Å². The molecular formula is C30H30F2N4O3S2. The van der Waals surface area contributed by atoms with Crippen molar-refractivity contribution in [2.45, 2.75) is 50.0 Å². The number of aromatic nitrogens is 1. The minimum absolute atomic E-state index is 0.115. The van der Waals surface area contributed by atoms with Gasteiger partial charge in [-0.25, -0.2) is 22.2 Å². The Kier molecular flexibility index (Phi) is 7.32. The minimum Gasteiger partial charge on any atom is -0.369 e. The van der Waals surface area contributed by atoms with Crippen LogP contribution in [0.5, 0.6) is 0 Å². The van der Waals surface area contributed by atoms with Crippen molar-refractivity contribution in [3.63, 3.8) is 0 Å². The van der Waals surface area contributed by atoms with Gasteiger partial charge in [0.25, 0.3) is 0 Å². The Labute approximate surface area is 242 Å². The van der Waals surface area contributed by atoms with E-state index in [1.54, 1.807) is 0 Å². The van der Waals surface area contributed by atoms with Gasteiger partial charge in [0, 0.05) is 30.6 Å². The van der Waals surface area contributed by atoms with Gasteiger partial charge in [-0.15, -0.1) is 11.3 Å². The zero-order chi connectivity index (χ0) is 28.8. The van der Waals surface area contributed by atoms with Crippen LogP contribution in [0.4, 0.5) is 14.5 Å². The summed E-state index contributed by atoms with van der Waals surface area (Å²) >= 11 is 1.20. The number of nitrogens with zero attached hydrogens (tertiary/aromatic N) is 3. The second-order valence-electron chi connectivity index (χ2n) is 11.2. The molecule has 2 heterocycles. The highest BCUT2D eigenvalue weighted by Crippen LogP contribution is 2.47. The van der Waals surface area contributed by atoms with Gasteiger partial charge in [0.1, 0.15) is 22.2 Å². The van der Waals surface area contributed by atoms with Gasteiger partial charge in [-0.05, 0) is 55.5 Å². The molecule has 2 aromatic carbocycles. The maximum atomic E-state index is 14.9. The molecule has 1 N–H and O–H groups in total. The van der Waals surface area contributed by atoms with Crippen LogP contribution in [0, 0.1) is 28.9 Å². The Morgan fingerprint density at radius 3 is 2.34 bits per heavy atom. The zero-order valence-corrected chi connectivity index (χ0v) is 24.0. The fourth-order valence-corrected chi connectivity index (χ4v) is 8.27. The van der Waals surface area contributed by atoms with Crippen LogP contribution in [0.1, 0.15) is 50.1 Å². The largest absolute Gasteiger partial charge is 0.369 e. The number of thiazole rings is 1. The van der Waals surface area contributed by atoms with Crippen molar-refractivity contribution in [3.05, 3.63) is 59.8 Å². The van der Waals surface area contributed by atoms with E-state index in [0.717, 1.165) is 29.0 Å². The molecule has 0 unspecified atom stereocenters. The van der Waals surface area contributed by atoms with E-state index >= 15 is 0 Å². The molecule has 0 spiro atoms. The molecule has 11 heteroatoms. The predicted molar refractivity (Wildman–Crippen MR) is 154 cm³/mol. The summed E-state index contributed by atoms with van der Waals surface area (Å²) in [5.41, 5.74) is 1.39. The molecular weight excluding hydrogens is 566 g/mol. The molecule has 3 fully saturated rings. The summed E-state index contributed by atoms with van der Waals surface area (Å²) in [6.45, 7) is 0.848. The third-order valence-corrected chi connectivity index (χ3v) is 11.2. The van der Waals surface area contributed by atoms with Crippen LogP contribution >= 0.6 is 11.3 Å².